The second-order valence-electron chi connectivity index (χ2n) is 27.5. The van der Waals surface area contributed by atoms with Crippen LogP contribution in [0.3, 0.4) is 0 Å². The first-order valence-corrected chi connectivity index (χ1v) is 36.4. The predicted octanol–water partition coefficient (Wildman–Crippen LogP) is 22.4. The molecule has 5 aromatic rings. The SMILES string of the molecule is CC(Nc1c(C(C)C)cc(C)cc1C(C)C)=C1C=CCC(=C(C)Nc2c(C(C)C)cc(C)cc2C(C)C)N1.CC(Nc1c(C(C)C)cc(C)cc1C(C)C)=C1C=CCC(=C(C)Nc2c(C(C)C)cc(C)cc2C(C)C)N1.C[N](C)[Nd][CH2]c1ccccc1.[Nd]. The largest absolute Gasteiger partial charge is 0 e. The first-order valence-electron chi connectivity index (χ1n) is 32.7. The van der Waals surface area contributed by atoms with E-state index in [4.69, 9.17) is 0 Å². The summed E-state index contributed by atoms with van der Waals surface area (Å²) in [5.41, 5.74) is 32.2. The minimum atomic E-state index is -0.478. The molecule has 0 saturated carbocycles. The zero-order valence-corrected chi connectivity index (χ0v) is 65.9. The first kappa shape index (κ1) is 76.5. The fraction of sp³-hybridized carbons (Fsp3) is 0.468. The minimum Gasteiger partial charge on any atom is 0 e. The summed E-state index contributed by atoms with van der Waals surface area (Å²) in [6.07, 6.45) is 10.7. The Bertz CT molecular complexity index is 3010. The zero-order chi connectivity index (χ0) is 64.7. The number of nitrogens with one attached hydrogen (secondary N) is 6. The Kier molecular flexibility index (Phi) is 31.0. The van der Waals surface area contributed by atoms with Crippen molar-refractivity contribution in [3.63, 3.8) is 0 Å². The number of rotatable bonds is 19. The molecule has 0 radical (unpaired) electrons. The Labute approximate surface area is 590 Å². The van der Waals surface area contributed by atoms with Gasteiger partial charge in [0.25, 0.3) is 0 Å². The number of hydrogen-bond donors (Lipinski definition) is 6. The van der Waals surface area contributed by atoms with Gasteiger partial charge >= 0.3 is 90.1 Å². The molecule has 0 atom stereocenters. The van der Waals surface area contributed by atoms with Gasteiger partial charge in [0.05, 0.1) is 11.4 Å². The third kappa shape index (κ3) is 21.8. The van der Waals surface area contributed by atoms with E-state index in [1.807, 2.05) is 0 Å². The summed E-state index contributed by atoms with van der Waals surface area (Å²) in [5, 5.41) is 22.9. The monoisotopic (exact) mass is 1450 g/mol. The Morgan fingerprint density at radius 2 is 0.636 bits per heavy atom. The van der Waals surface area contributed by atoms with Crippen molar-refractivity contribution >= 4 is 22.7 Å². The fourth-order valence-corrected chi connectivity index (χ4v) is 13.9. The van der Waals surface area contributed by atoms with Gasteiger partial charge in [0.15, 0.2) is 0 Å². The molecule has 0 fully saturated rings. The van der Waals surface area contributed by atoms with Crippen LogP contribution < -0.4 is 31.9 Å². The molecule has 0 aromatic heterocycles. The van der Waals surface area contributed by atoms with E-state index in [2.05, 4.69) is 316 Å². The van der Waals surface area contributed by atoms with Gasteiger partial charge in [-0.2, -0.15) is 0 Å². The van der Waals surface area contributed by atoms with Crippen molar-refractivity contribution in [1.82, 2.24) is 11.6 Å². The van der Waals surface area contributed by atoms with E-state index in [0.29, 0.717) is 47.3 Å². The minimum absolute atomic E-state index is 0. The summed E-state index contributed by atoms with van der Waals surface area (Å²) in [6.45, 7) is 54.1. The smallest absolute Gasteiger partial charge is 0 e. The van der Waals surface area contributed by atoms with Crippen molar-refractivity contribution in [2.45, 2.75) is 228 Å². The molecule has 2 aliphatic heterocycles. The summed E-state index contributed by atoms with van der Waals surface area (Å²) in [4.78, 5) is 0. The normalized spacial score (nSPS) is 15.4. The van der Waals surface area contributed by atoms with E-state index in [0.717, 1.165) is 35.6 Å². The fourth-order valence-electron chi connectivity index (χ4n) is 11.5. The molecule has 2 heterocycles. The third-order valence-electron chi connectivity index (χ3n) is 16.5. The summed E-state index contributed by atoms with van der Waals surface area (Å²) in [5.74, 6) is 3.60. The van der Waals surface area contributed by atoms with Gasteiger partial charge in [0, 0.05) is 111 Å². The molecule has 2 aliphatic rings. The number of allylic oxidation sites excluding steroid dienone is 8. The van der Waals surface area contributed by atoms with Crippen molar-refractivity contribution in [2.75, 3.05) is 35.4 Å². The van der Waals surface area contributed by atoms with Crippen LogP contribution in [0.15, 0.2) is 149 Å². The van der Waals surface area contributed by atoms with Crippen LogP contribution in [-0.2, 0) is 2.07 Å². The van der Waals surface area contributed by atoms with Crippen molar-refractivity contribution in [2.24, 2.45) is 0 Å². The van der Waals surface area contributed by atoms with Crippen molar-refractivity contribution < 1.29 is 77.9 Å². The van der Waals surface area contributed by atoms with E-state index in [1.54, 1.807) is 0 Å². The van der Waals surface area contributed by atoms with Gasteiger partial charge in [-0.15, -0.1) is 0 Å². The number of hydrogen-bond acceptors (Lipinski definition) is 7. The zero-order valence-electron chi connectivity index (χ0n) is 59.5. The average molecular weight is 1450 g/mol. The second kappa shape index (κ2) is 35.7. The molecule has 0 aliphatic carbocycles. The molecule has 7 nitrogen and oxygen atoms in total. The van der Waals surface area contributed by atoms with Crippen LogP contribution >= 0.6 is 0 Å². The van der Waals surface area contributed by atoms with Gasteiger partial charge in [-0.25, -0.2) is 0 Å². The van der Waals surface area contributed by atoms with Crippen molar-refractivity contribution in [3.05, 3.63) is 221 Å². The van der Waals surface area contributed by atoms with Crippen molar-refractivity contribution in [3.8, 4) is 0 Å². The average Bonchev–Trinajstić information content (AvgIpc) is 3.30. The number of aryl methyl sites for hydroxylation is 4. The first-order chi connectivity index (χ1) is 40.9. The third-order valence-corrected chi connectivity index (χ3v) is 20.4. The van der Waals surface area contributed by atoms with Crippen LogP contribution in [0.1, 0.15) is 271 Å². The molecule has 6 N–H and O–H groups in total. The number of benzene rings is 5. The van der Waals surface area contributed by atoms with Crippen molar-refractivity contribution in [1.29, 1.82) is 0 Å². The van der Waals surface area contributed by atoms with Crippen LogP contribution in [0.25, 0.3) is 0 Å². The van der Waals surface area contributed by atoms with Gasteiger partial charge < -0.3 is 31.9 Å². The Morgan fingerprint density at radius 1 is 0.398 bits per heavy atom. The Balaban J connectivity index is 0.000000317. The van der Waals surface area contributed by atoms with Crippen LogP contribution in [0, 0.1) is 106 Å². The topological polar surface area (TPSA) is 75.4 Å². The van der Waals surface area contributed by atoms with Gasteiger partial charge in [-0.1, -0.05) is 194 Å². The van der Waals surface area contributed by atoms with E-state index in [-0.39, 0.29) is 40.8 Å². The molecule has 0 bridgehead atoms. The molecule has 0 saturated heterocycles. The van der Waals surface area contributed by atoms with Gasteiger partial charge in [0.1, 0.15) is 0 Å². The molecular formula is C79H115N7Nd2. The summed E-state index contributed by atoms with van der Waals surface area (Å²) < 4.78 is 3.74. The molecule has 0 spiro atoms. The van der Waals surface area contributed by atoms with Gasteiger partial charge in [-0.3, -0.25) is 0 Å². The summed E-state index contributed by atoms with van der Waals surface area (Å²) in [6, 6.07) is 29.4. The van der Waals surface area contributed by atoms with E-state index < -0.39 is 37.1 Å². The molecule has 0 unspecified atom stereocenters. The van der Waals surface area contributed by atoms with Crippen LogP contribution in [-0.4, -0.2) is 15.1 Å². The van der Waals surface area contributed by atoms with Crippen LogP contribution in [0.5, 0.6) is 0 Å². The molecule has 7 rings (SSSR count). The maximum atomic E-state index is 3.84. The Hall–Kier alpha value is -4.00. The van der Waals surface area contributed by atoms with Crippen LogP contribution in [0.4, 0.5) is 22.7 Å². The van der Waals surface area contributed by atoms with Gasteiger partial charge in [-0.05, 0) is 159 Å². The standard InChI is InChI=1S/2C35H51N3.C7H7.C2H6N.2Nd/c2*1-20(2)28-16-24(9)17-29(21(3)4)34(28)36-26(11)32-14-13-15-33(38-32)27(12)37-35-30(22(5)6)18-25(10)19-31(35)23(7)8;1-7-5-3-2-4-6-7;1-3-2;;/h2*13-14,16-23,36-38H,15H2,1-12H3;2-6H,1H2;1-2H3;;/q;;;-1;;+1. The molecule has 88 heavy (non-hydrogen) atoms. The van der Waals surface area contributed by atoms with Crippen LogP contribution in [0.2, 0.25) is 0 Å². The van der Waals surface area contributed by atoms with Gasteiger partial charge in [0.2, 0.25) is 0 Å². The molecular weight excluding hydrogens is 1340 g/mol. The van der Waals surface area contributed by atoms with E-state index in [1.165, 1.54) is 120 Å². The Morgan fingerprint density at radius 3 is 0.864 bits per heavy atom. The van der Waals surface area contributed by atoms with E-state index >= 15 is 0 Å². The quantitative estimate of drug-likeness (QED) is 0.0492. The summed E-state index contributed by atoms with van der Waals surface area (Å²) >= 11 is -0.478. The molecule has 5 aromatic carbocycles. The molecule has 9 heteroatoms. The predicted molar refractivity (Wildman–Crippen MR) is 380 cm³/mol. The maximum Gasteiger partial charge on any atom is 0 e. The number of anilines is 4. The second-order valence-corrected chi connectivity index (χ2v) is 32.5. The van der Waals surface area contributed by atoms with E-state index in [9.17, 15) is 0 Å². The summed E-state index contributed by atoms with van der Waals surface area (Å²) in [7, 11) is 4.37. The molecule has 0 amide bonds. The number of nitrogens with zero attached hydrogens (tertiary/aromatic N) is 1. The maximum absolute atomic E-state index is 3.84. The molecule has 474 valence electrons.